The van der Waals surface area contributed by atoms with Gasteiger partial charge in [-0.1, -0.05) is 42.5 Å². The number of hydrogen-bond donors (Lipinski definition) is 2. The second-order valence-corrected chi connectivity index (χ2v) is 7.91. The highest BCUT2D eigenvalue weighted by Gasteiger charge is 2.42. The summed E-state index contributed by atoms with van der Waals surface area (Å²) in [7, 11) is 0. The molecule has 5 nitrogen and oxygen atoms in total. The number of benzene rings is 3. The molecule has 0 saturated carbocycles. The van der Waals surface area contributed by atoms with Crippen LogP contribution >= 0.6 is 0 Å². The van der Waals surface area contributed by atoms with E-state index in [9.17, 15) is 14.3 Å². The van der Waals surface area contributed by atoms with E-state index in [0.29, 0.717) is 30.0 Å². The Bertz CT molecular complexity index is 1310. The van der Waals surface area contributed by atoms with Gasteiger partial charge in [0, 0.05) is 23.7 Å². The van der Waals surface area contributed by atoms with Crippen molar-refractivity contribution in [1.82, 2.24) is 10.3 Å². The first-order valence-electron chi connectivity index (χ1n) is 10.6. The van der Waals surface area contributed by atoms with Crippen LogP contribution in [0.3, 0.4) is 0 Å². The van der Waals surface area contributed by atoms with Crippen molar-refractivity contribution < 1.29 is 19.0 Å². The average Bonchev–Trinajstić information content (AvgIpc) is 2.85. The number of hydrogen-bond acceptors (Lipinski definition) is 4. The summed E-state index contributed by atoms with van der Waals surface area (Å²) in [6, 6.07) is 23.9. The molecule has 0 radical (unpaired) electrons. The van der Waals surface area contributed by atoms with Crippen molar-refractivity contribution in [3.8, 4) is 22.6 Å². The van der Waals surface area contributed by atoms with Gasteiger partial charge >= 0.3 is 0 Å². The van der Waals surface area contributed by atoms with Gasteiger partial charge < -0.3 is 15.2 Å². The molecule has 1 amide bonds. The SMILES string of the molecule is O=C(NC1(c2ccc(-c3ccccc3O)cc2)CCOc2cccnc21)c1ccc(F)cc1. The Morgan fingerprint density at radius 2 is 1.73 bits per heavy atom. The van der Waals surface area contributed by atoms with Crippen molar-refractivity contribution in [3.63, 3.8) is 0 Å². The smallest absolute Gasteiger partial charge is 0.252 e. The Morgan fingerprint density at radius 1 is 0.970 bits per heavy atom. The van der Waals surface area contributed by atoms with E-state index in [2.05, 4.69) is 10.3 Å². The number of aromatic hydroxyl groups is 1. The van der Waals surface area contributed by atoms with Gasteiger partial charge in [0.2, 0.25) is 0 Å². The zero-order chi connectivity index (χ0) is 22.8. The van der Waals surface area contributed by atoms with Crippen LogP contribution in [0.1, 0.15) is 28.0 Å². The number of nitrogens with zero attached hydrogens (tertiary/aromatic N) is 1. The van der Waals surface area contributed by atoms with Gasteiger partial charge in [0.05, 0.1) is 6.61 Å². The van der Waals surface area contributed by atoms with Crippen LogP contribution in [0.25, 0.3) is 11.1 Å². The molecule has 1 aromatic heterocycles. The predicted octanol–water partition coefficient (Wildman–Crippen LogP) is 5.05. The number of fused-ring (bicyclic) bond motifs is 1. The van der Waals surface area contributed by atoms with Crippen LogP contribution in [-0.4, -0.2) is 22.6 Å². The number of carbonyl (C=O) groups is 1. The molecule has 0 saturated heterocycles. The van der Waals surface area contributed by atoms with Crippen LogP contribution in [-0.2, 0) is 5.54 Å². The number of halogens is 1. The van der Waals surface area contributed by atoms with Gasteiger partial charge in [-0.25, -0.2) is 4.39 Å². The first-order chi connectivity index (χ1) is 16.1. The van der Waals surface area contributed by atoms with E-state index in [1.807, 2.05) is 42.5 Å². The van der Waals surface area contributed by atoms with Gasteiger partial charge in [0.25, 0.3) is 5.91 Å². The lowest BCUT2D eigenvalue weighted by Gasteiger charge is -2.39. The Balaban J connectivity index is 1.59. The lowest BCUT2D eigenvalue weighted by Crippen LogP contribution is -2.50. The van der Waals surface area contributed by atoms with Crippen molar-refractivity contribution >= 4 is 5.91 Å². The number of ether oxygens (including phenoxy) is 1. The Labute approximate surface area is 190 Å². The molecule has 2 N–H and O–H groups in total. The maximum absolute atomic E-state index is 13.4. The molecule has 1 atom stereocenters. The van der Waals surface area contributed by atoms with Crippen LogP contribution in [0.2, 0.25) is 0 Å². The fourth-order valence-electron chi connectivity index (χ4n) is 4.25. The first kappa shape index (κ1) is 20.7. The van der Waals surface area contributed by atoms with Crippen molar-refractivity contribution in [2.75, 3.05) is 6.61 Å². The highest BCUT2D eigenvalue weighted by molar-refractivity contribution is 5.95. The molecule has 0 fully saturated rings. The van der Waals surface area contributed by atoms with Crippen LogP contribution in [0.4, 0.5) is 4.39 Å². The predicted molar refractivity (Wildman–Crippen MR) is 123 cm³/mol. The van der Waals surface area contributed by atoms with Gasteiger partial charge in [-0.2, -0.15) is 0 Å². The molecule has 33 heavy (non-hydrogen) atoms. The fraction of sp³-hybridized carbons (Fsp3) is 0.111. The first-order valence-corrected chi connectivity index (χ1v) is 10.6. The number of rotatable bonds is 4. The number of para-hydroxylation sites is 1. The van der Waals surface area contributed by atoms with Gasteiger partial charge in [0.15, 0.2) is 0 Å². The molecule has 164 valence electrons. The molecular weight excluding hydrogens is 419 g/mol. The van der Waals surface area contributed by atoms with E-state index in [1.165, 1.54) is 24.3 Å². The van der Waals surface area contributed by atoms with Crippen LogP contribution in [0.5, 0.6) is 11.5 Å². The summed E-state index contributed by atoms with van der Waals surface area (Å²) in [5.41, 5.74) is 2.44. The van der Waals surface area contributed by atoms with E-state index in [4.69, 9.17) is 4.74 Å². The number of pyridine rings is 1. The second kappa shape index (κ2) is 8.39. The highest BCUT2D eigenvalue weighted by Crippen LogP contribution is 2.41. The lowest BCUT2D eigenvalue weighted by atomic mass is 9.80. The van der Waals surface area contributed by atoms with E-state index >= 15 is 0 Å². The molecule has 1 aliphatic rings. The summed E-state index contributed by atoms with van der Waals surface area (Å²) in [6.07, 6.45) is 2.14. The largest absolute Gasteiger partial charge is 0.507 e. The molecule has 2 heterocycles. The minimum Gasteiger partial charge on any atom is -0.507 e. The van der Waals surface area contributed by atoms with Gasteiger partial charge in [-0.15, -0.1) is 0 Å². The molecule has 0 bridgehead atoms. The molecule has 4 aromatic rings. The number of amides is 1. The fourth-order valence-corrected chi connectivity index (χ4v) is 4.25. The van der Waals surface area contributed by atoms with Crippen LogP contribution in [0, 0.1) is 5.82 Å². The maximum atomic E-state index is 13.4. The molecule has 1 unspecified atom stereocenters. The molecule has 5 rings (SSSR count). The summed E-state index contributed by atoms with van der Waals surface area (Å²) < 4.78 is 19.2. The topological polar surface area (TPSA) is 71.5 Å². The normalized spacial score (nSPS) is 17.0. The van der Waals surface area contributed by atoms with Crippen molar-refractivity contribution in [2.24, 2.45) is 0 Å². The summed E-state index contributed by atoms with van der Waals surface area (Å²) in [5.74, 6) is 0.0629. The van der Waals surface area contributed by atoms with Crippen LogP contribution < -0.4 is 10.1 Å². The third-order valence-electron chi connectivity index (χ3n) is 5.94. The maximum Gasteiger partial charge on any atom is 0.252 e. The van der Waals surface area contributed by atoms with Crippen molar-refractivity contribution in [3.05, 3.63) is 114 Å². The average molecular weight is 440 g/mol. The summed E-state index contributed by atoms with van der Waals surface area (Å²) >= 11 is 0. The molecular formula is C27H21FN2O3. The third kappa shape index (κ3) is 3.80. The minimum atomic E-state index is -0.933. The van der Waals surface area contributed by atoms with E-state index in [1.54, 1.807) is 24.4 Å². The van der Waals surface area contributed by atoms with E-state index < -0.39 is 11.4 Å². The summed E-state index contributed by atoms with van der Waals surface area (Å²) in [4.78, 5) is 17.8. The van der Waals surface area contributed by atoms with E-state index in [0.717, 1.165) is 16.7 Å². The van der Waals surface area contributed by atoms with Crippen molar-refractivity contribution in [1.29, 1.82) is 0 Å². The zero-order valence-corrected chi connectivity index (χ0v) is 17.7. The standard InChI is InChI=1S/C27H21FN2O3/c28-21-13-9-19(10-14-21)26(32)30-27(15-17-33-24-6-3-16-29-25(24)27)20-11-7-18(8-12-20)22-4-1-2-5-23(22)31/h1-14,16,31H,15,17H2,(H,30,32). The monoisotopic (exact) mass is 440 g/mol. The Morgan fingerprint density at radius 3 is 2.48 bits per heavy atom. The molecule has 1 aliphatic heterocycles. The van der Waals surface area contributed by atoms with Crippen LogP contribution in [0.15, 0.2) is 91.1 Å². The lowest BCUT2D eigenvalue weighted by molar-refractivity contribution is 0.0883. The summed E-state index contributed by atoms with van der Waals surface area (Å²) in [5, 5.41) is 13.4. The number of carbonyl (C=O) groups excluding carboxylic acids is 1. The molecule has 0 aliphatic carbocycles. The summed E-state index contributed by atoms with van der Waals surface area (Å²) in [6.45, 7) is 0.392. The van der Waals surface area contributed by atoms with Crippen molar-refractivity contribution in [2.45, 2.75) is 12.0 Å². The quantitative estimate of drug-likeness (QED) is 0.466. The van der Waals surface area contributed by atoms with Gasteiger partial charge in [-0.3, -0.25) is 9.78 Å². The molecule has 6 heteroatoms. The molecule has 0 spiro atoms. The highest BCUT2D eigenvalue weighted by atomic mass is 19.1. The number of nitrogens with one attached hydrogen (secondary N) is 1. The Hall–Kier alpha value is -4.19. The second-order valence-electron chi connectivity index (χ2n) is 7.91. The van der Waals surface area contributed by atoms with Gasteiger partial charge in [-0.05, 0) is 53.6 Å². The van der Waals surface area contributed by atoms with Gasteiger partial charge in [0.1, 0.15) is 28.5 Å². The number of aromatic nitrogens is 1. The molecule has 3 aromatic carbocycles. The number of phenolic OH excluding ortho intramolecular Hbond substituents is 1. The Kier molecular flexibility index (Phi) is 5.26. The van der Waals surface area contributed by atoms with E-state index in [-0.39, 0.29) is 11.7 Å². The third-order valence-corrected chi connectivity index (χ3v) is 5.94. The minimum absolute atomic E-state index is 0.197. The number of phenols is 1. The zero-order valence-electron chi connectivity index (χ0n) is 17.7.